The monoisotopic (exact) mass is 143 g/mol. The number of aromatic nitrogens is 1. The molecule has 0 aliphatic rings. The Morgan fingerprint density at radius 3 is 3.09 bits per heavy atom. The molecule has 1 aromatic rings. The van der Waals surface area contributed by atoms with Crippen LogP contribution in [-0.2, 0) is 6.54 Å². The van der Waals surface area contributed by atoms with Gasteiger partial charge in [0, 0.05) is 12.4 Å². The lowest BCUT2D eigenvalue weighted by atomic mass is 10.2. The summed E-state index contributed by atoms with van der Waals surface area (Å²) in [5, 5.41) is 8.46. The van der Waals surface area contributed by atoms with Gasteiger partial charge in [0.2, 0.25) is 6.54 Å². The van der Waals surface area contributed by atoms with E-state index in [9.17, 15) is 0 Å². The zero-order valence-electron chi connectivity index (χ0n) is 5.78. The normalized spacial score (nSPS) is 8.18. The summed E-state index contributed by atoms with van der Waals surface area (Å²) in [7, 11) is 0. The molecule has 0 spiro atoms. The minimum absolute atomic E-state index is 0.294. The van der Waals surface area contributed by atoms with E-state index < -0.39 is 0 Å². The lowest BCUT2D eigenvalue weighted by Gasteiger charge is -1.89. The first-order chi connectivity index (χ1) is 5.36. The highest BCUT2D eigenvalue weighted by Crippen LogP contribution is 2.02. The lowest BCUT2D eigenvalue weighted by Crippen LogP contribution is -1.83. The van der Waals surface area contributed by atoms with Crippen molar-refractivity contribution in [3.05, 3.63) is 41.0 Å². The van der Waals surface area contributed by atoms with Crippen molar-refractivity contribution in [2.24, 2.45) is 0 Å². The largest absolute Gasteiger partial charge is 0.312 e. The molecule has 11 heavy (non-hydrogen) atoms. The van der Waals surface area contributed by atoms with Crippen LogP contribution in [-0.4, -0.2) is 4.98 Å². The smallest absolute Gasteiger partial charge is 0.241 e. The molecule has 0 bridgehead atoms. The summed E-state index contributed by atoms with van der Waals surface area (Å²) in [4.78, 5) is 6.99. The molecule has 3 nitrogen and oxygen atoms in total. The Morgan fingerprint density at radius 1 is 1.64 bits per heavy atom. The van der Waals surface area contributed by atoms with Gasteiger partial charge < -0.3 is 4.85 Å². The van der Waals surface area contributed by atoms with Gasteiger partial charge in [-0.15, -0.1) is 0 Å². The number of hydrogen-bond acceptors (Lipinski definition) is 2. The Balaban J connectivity index is 2.96. The van der Waals surface area contributed by atoms with Crippen LogP contribution in [0.4, 0.5) is 0 Å². The Hall–Kier alpha value is -1.87. The summed E-state index contributed by atoms with van der Waals surface area (Å²) < 4.78 is 0. The maximum atomic E-state index is 8.46. The quantitative estimate of drug-likeness (QED) is 0.557. The second-order valence-corrected chi connectivity index (χ2v) is 2.01. The van der Waals surface area contributed by atoms with Gasteiger partial charge in [-0.05, 0) is 6.07 Å². The fourth-order valence-corrected chi connectivity index (χ4v) is 0.726. The zero-order chi connectivity index (χ0) is 8.10. The molecule has 0 aliphatic heterocycles. The molecule has 0 saturated heterocycles. The SMILES string of the molecule is [C-]#[N+]Cc1cncc(C#N)c1. The van der Waals surface area contributed by atoms with E-state index in [1.54, 1.807) is 12.3 Å². The topological polar surface area (TPSA) is 41.0 Å². The first-order valence-corrected chi connectivity index (χ1v) is 3.04. The van der Waals surface area contributed by atoms with Gasteiger partial charge in [-0.25, -0.2) is 6.57 Å². The molecule has 0 fully saturated rings. The van der Waals surface area contributed by atoms with Crippen LogP contribution in [0.5, 0.6) is 0 Å². The van der Waals surface area contributed by atoms with Crippen LogP contribution < -0.4 is 0 Å². The third-order valence-electron chi connectivity index (χ3n) is 1.19. The van der Waals surface area contributed by atoms with Crippen molar-refractivity contribution in [2.45, 2.75) is 6.54 Å². The van der Waals surface area contributed by atoms with Crippen LogP contribution in [0, 0.1) is 17.9 Å². The van der Waals surface area contributed by atoms with Crippen molar-refractivity contribution in [1.29, 1.82) is 5.26 Å². The average molecular weight is 143 g/mol. The standard InChI is InChI=1S/C8H5N3/c1-10-4-8-2-7(3-9)5-11-6-8/h2,5-6H,4H2. The van der Waals surface area contributed by atoms with Crippen molar-refractivity contribution in [1.82, 2.24) is 4.98 Å². The van der Waals surface area contributed by atoms with Gasteiger partial charge in [-0.3, -0.25) is 4.98 Å². The first kappa shape index (κ1) is 7.24. The van der Waals surface area contributed by atoms with E-state index in [2.05, 4.69) is 9.83 Å². The second-order valence-electron chi connectivity index (χ2n) is 2.01. The van der Waals surface area contributed by atoms with E-state index in [0.717, 1.165) is 5.56 Å². The Morgan fingerprint density at radius 2 is 2.45 bits per heavy atom. The van der Waals surface area contributed by atoms with Crippen LogP contribution in [0.1, 0.15) is 11.1 Å². The predicted octanol–water partition coefficient (Wildman–Crippen LogP) is 1.37. The van der Waals surface area contributed by atoms with E-state index in [4.69, 9.17) is 11.8 Å². The van der Waals surface area contributed by atoms with Crippen LogP contribution >= 0.6 is 0 Å². The molecule has 0 amide bonds. The minimum atomic E-state index is 0.294. The average Bonchev–Trinajstić information content (AvgIpc) is 2.06. The third-order valence-corrected chi connectivity index (χ3v) is 1.19. The molecule has 0 N–H and O–H groups in total. The van der Waals surface area contributed by atoms with Crippen molar-refractivity contribution in [2.75, 3.05) is 0 Å². The molecule has 1 rings (SSSR count). The maximum Gasteiger partial charge on any atom is 0.241 e. The summed E-state index contributed by atoms with van der Waals surface area (Å²) in [6.45, 7) is 6.88. The van der Waals surface area contributed by atoms with Crippen molar-refractivity contribution in [3.8, 4) is 6.07 Å². The lowest BCUT2D eigenvalue weighted by molar-refractivity contribution is 1.17. The molecule has 0 aromatic carbocycles. The second kappa shape index (κ2) is 3.34. The Bertz CT molecular complexity index is 330. The summed E-state index contributed by atoms with van der Waals surface area (Å²) in [6, 6.07) is 3.63. The van der Waals surface area contributed by atoms with Gasteiger partial charge >= 0.3 is 0 Å². The third kappa shape index (κ3) is 1.77. The highest BCUT2D eigenvalue weighted by molar-refractivity contribution is 5.29. The van der Waals surface area contributed by atoms with Crippen molar-refractivity contribution < 1.29 is 0 Å². The highest BCUT2D eigenvalue weighted by Gasteiger charge is 1.96. The minimum Gasteiger partial charge on any atom is -0.312 e. The molecule has 0 aliphatic carbocycles. The van der Waals surface area contributed by atoms with Gasteiger partial charge in [0.25, 0.3) is 0 Å². The molecular weight excluding hydrogens is 138 g/mol. The first-order valence-electron chi connectivity index (χ1n) is 3.04. The van der Waals surface area contributed by atoms with Gasteiger partial charge in [0.15, 0.2) is 0 Å². The number of pyridine rings is 1. The van der Waals surface area contributed by atoms with E-state index in [-0.39, 0.29) is 0 Å². The summed E-state index contributed by atoms with van der Waals surface area (Å²) in [5.41, 5.74) is 1.30. The number of nitriles is 1. The molecule has 52 valence electrons. The van der Waals surface area contributed by atoms with Gasteiger partial charge in [0.05, 0.1) is 11.1 Å². The fraction of sp³-hybridized carbons (Fsp3) is 0.125. The van der Waals surface area contributed by atoms with Gasteiger partial charge in [0.1, 0.15) is 6.07 Å². The Labute approximate surface area is 64.7 Å². The molecule has 0 atom stereocenters. The number of nitrogens with zero attached hydrogens (tertiary/aromatic N) is 3. The van der Waals surface area contributed by atoms with Gasteiger partial charge in [-0.1, -0.05) is 0 Å². The summed E-state index contributed by atoms with van der Waals surface area (Å²) >= 11 is 0. The van der Waals surface area contributed by atoms with Gasteiger partial charge in [-0.2, -0.15) is 5.26 Å². The van der Waals surface area contributed by atoms with Crippen LogP contribution in [0.15, 0.2) is 18.5 Å². The summed E-state index contributed by atoms with van der Waals surface area (Å²) in [5.74, 6) is 0. The molecule has 0 radical (unpaired) electrons. The fourth-order valence-electron chi connectivity index (χ4n) is 0.726. The van der Waals surface area contributed by atoms with Crippen LogP contribution in [0.3, 0.4) is 0 Å². The molecule has 0 unspecified atom stereocenters. The van der Waals surface area contributed by atoms with E-state index >= 15 is 0 Å². The van der Waals surface area contributed by atoms with Crippen molar-refractivity contribution in [3.63, 3.8) is 0 Å². The maximum absolute atomic E-state index is 8.46. The highest BCUT2D eigenvalue weighted by atomic mass is 14.7. The van der Waals surface area contributed by atoms with E-state index in [0.29, 0.717) is 12.1 Å². The molecule has 1 heterocycles. The van der Waals surface area contributed by atoms with Crippen molar-refractivity contribution >= 4 is 0 Å². The summed E-state index contributed by atoms with van der Waals surface area (Å²) in [6.07, 6.45) is 3.08. The van der Waals surface area contributed by atoms with E-state index in [1.807, 2.05) is 6.07 Å². The van der Waals surface area contributed by atoms with Crippen LogP contribution in [0.2, 0.25) is 0 Å². The predicted molar refractivity (Wildman–Crippen MR) is 39.3 cm³/mol. The van der Waals surface area contributed by atoms with E-state index in [1.165, 1.54) is 6.20 Å². The Kier molecular flexibility index (Phi) is 2.20. The van der Waals surface area contributed by atoms with Crippen LogP contribution in [0.25, 0.3) is 4.85 Å². The zero-order valence-corrected chi connectivity index (χ0v) is 5.78. The number of hydrogen-bond donors (Lipinski definition) is 0. The molecule has 1 aromatic heterocycles. The molecular formula is C8H5N3. The molecule has 0 saturated carbocycles. The molecule has 3 heteroatoms. The number of rotatable bonds is 1.